The fraction of sp³-hybridized carbons (Fsp3) is 0.364. The number of hydrogen-bond acceptors (Lipinski definition) is 3. The number of nitrogens with one attached hydrogen (secondary N) is 2. The Morgan fingerprint density at radius 3 is 2.67 bits per heavy atom. The van der Waals surface area contributed by atoms with E-state index >= 15 is 0 Å². The molecule has 1 aliphatic carbocycles. The highest BCUT2D eigenvalue weighted by molar-refractivity contribution is 5.79. The molecule has 0 saturated heterocycles. The Kier molecular flexibility index (Phi) is 1.89. The summed E-state index contributed by atoms with van der Waals surface area (Å²) in [7, 11) is 0. The SMILES string of the molecule is NNc1nc2cc3c(cc2[nH]1)CCCC3. The first-order valence-electron chi connectivity index (χ1n) is 5.35. The van der Waals surface area contributed by atoms with Crippen LogP contribution in [0.2, 0.25) is 0 Å². The van der Waals surface area contributed by atoms with Crippen molar-refractivity contribution in [3.8, 4) is 0 Å². The van der Waals surface area contributed by atoms with Crippen LogP contribution in [0, 0.1) is 0 Å². The largest absolute Gasteiger partial charge is 0.323 e. The number of nitrogens with two attached hydrogens (primary N) is 1. The number of imidazole rings is 1. The lowest BCUT2D eigenvalue weighted by atomic mass is 9.91. The van der Waals surface area contributed by atoms with E-state index in [4.69, 9.17) is 5.84 Å². The van der Waals surface area contributed by atoms with Gasteiger partial charge in [-0.05, 0) is 48.9 Å². The van der Waals surface area contributed by atoms with Gasteiger partial charge in [0.2, 0.25) is 5.95 Å². The maximum atomic E-state index is 5.32. The van der Waals surface area contributed by atoms with Gasteiger partial charge in [0.1, 0.15) is 0 Å². The molecule has 0 atom stereocenters. The molecule has 1 aromatic carbocycles. The first-order valence-corrected chi connectivity index (χ1v) is 5.35. The number of rotatable bonds is 1. The summed E-state index contributed by atoms with van der Waals surface area (Å²) >= 11 is 0. The van der Waals surface area contributed by atoms with Gasteiger partial charge in [0.25, 0.3) is 0 Å². The van der Waals surface area contributed by atoms with Crippen molar-refractivity contribution in [2.45, 2.75) is 25.7 Å². The molecule has 2 aromatic rings. The Balaban J connectivity index is 2.19. The van der Waals surface area contributed by atoms with Gasteiger partial charge in [-0.2, -0.15) is 0 Å². The second-order valence-corrected chi connectivity index (χ2v) is 4.07. The maximum absolute atomic E-state index is 5.32. The maximum Gasteiger partial charge on any atom is 0.215 e. The molecule has 0 saturated carbocycles. The summed E-state index contributed by atoms with van der Waals surface area (Å²) in [6, 6.07) is 4.39. The molecule has 1 aromatic heterocycles. The minimum absolute atomic E-state index is 0.632. The van der Waals surface area contributed by atoms with Gasteiger partial charge in [-0.1, -0.05) is 0 Å². The van der Waals surface area contributed by atoms with Crippen LogP contribution < -0.4 is 11.3 Å². The highest BCUT2D eigenvalue weighted by Crippen LogP contribution is 2.26. The topological polar surface area (TPSA) is 66.7 Å². The van der Waals surface area contributed by atoms with E-state index in [1.807, 2.05) is 0 Å². The minimum atomic E-state index is 0.632. The molecule has 0 amide bonds. The molecule has 0 radical (unpaired) electrons. The standard InChI is InChI=1S/C11H14N4/c12-15-11-13-9-5-7-3-1-2-4-8(7)6-10(9)14-11/h5-6H,1-4,12H2,(H2,13,14,15). The predicted octanol–water partition coefficient (Wildman–Crippen LogP) is 1.73. The quantitative estimate of drug-likeness (QED) is 0.487. The zero-order valence-electron chi connectivity index (χ0n) is 8.51. The molecule has 4 nitrogen and oxygen atoms in total. The zero-order valence-corrected chi connectivity index (χ0v) is 8.51. The second kappa shape index (κ2) is 3.24. The Bertz CT molecular complexity index is 458. The fourth-order valence-corrected chi connectivity index (χ4v) is 2.31. The van der Waals surface area contributed by atoms with Crippen LogP contribution in [0.15, 0.2) is 12.1 Å². The molecule has 78 valence electrons. The van der Waals surface area contributed by atoms with E-state index in [1.165, 1.54) is 36.8 Å². The number of nitrogens with zero attached hydrogens (tertiary/aromatic N) is 1. The van der Waals surface area contributed by atoms with E-state index in [1.54, 1.807) is 0 Å². The highest BCUT2D eigenvalue weighted by Gasteiger charge is 2.11. The summed E-state index contributed by atoms with van der Waals surface area (Å²) in [4.78, 5) is 7.50. The molecule has 0 bridgehead atoms. The Morgan fingerprint density at radius 1 is 1.20 bits per heavy atom. The van der Waals surface area contributed by atoms with Crippen LogP contribution in [-0.2, 0) is 12.8 Å². The van der Waals surface area contributed by atoms with Gasteiger partial charge in [0.15, 0.2) is 0 Å². The lowest BCUT2D eigenvalue weighted by Gasteiger charge is -2.14. The summed E-state index contributed by atoms with van der Waals surface area (Å²) in [5.74, 6) is 5.96. The Labute approximate surface area is 87.9 Å². The van der Waals surface area contributed by atoms with Crippen molar-refractivity contribution in [2.75, 3.05) is 5.43 Å². The average Bonchev–Trinajstić information content (AvgIpc) is 2.67. The molecule has 0 spiro atoms. The van der Waals surface area contributed by atoms with Gasteiger partial charge in [0, 0.05) is 0 Å². The third kappa shape index (κ3) is 1.37. The highest BCUT2D eigenvalue weighted by atomic mass is 15.3. The molecule has 1 heterocycles. The van der Waals surface area contributed by atoms with Crippen molar-refractivity contribution in [2.24, 2.45) is 5.84 Å². The second-order valence-electron chi connectivity index (χ2n) is 4.07. The number of H-pyrrole nitrogens is 1. The van der Waals surface area contributed by atoms with Crippen LogP contribution in [0.5, 0.6) is 0 Å². The molecule has 3 rings (SSSR count). The number of hydrogen-bond donors (Lipinski definition) is 3. The van der Waals surface area contributed by atoms with Crippen LogP contribution in [0.3, 0.4) is 0 Å². The van der Waals surface area contributed by atoms with Crippen LogP contribution in [0.4, 0.5) is 5.95 Å². The lowest BCUT2D eigenvalue weighted by Crippen LogP contribution is -2.07. The van der Waals surface area contributed by atoms with Gasteiger partial charge in [-0.25, -0.2) is 10.8 Å². The van der Waals surface area contributed by atoms with Crippen LogP contribution in [0.25, 0.3) is 11.0 Å². The minimum Gasteiger partial charge on any atom is -0.323 e. The van der Waals surface area contributed by atoms with Gasteiger partial charge < -0.3 is 4.98 Å². The zero-order chi connectivity index (χ0) is 10.3. The summed E-state index contributed by atoms with van der Waals surface area (Å²) in [5, 5.41) is 0. The first-order chi connectivity index (χ1) is 7.36. The van der Waals surface area contributed by atoms with Crippen LogP contribution >= 0.6 is 0 Å². The summed E-state index contributed by atoms with van der Waals surface area (Å²) in [6.45, 7) is 0. The number of fused-ring (bicyclic) bond motifs is 2. The molecular weight excluding hydrogens is 188 g/mol. The van der Waals surface area contributed by atoms with Crippen LogP contribution in [-0.4, -0.2) is 9.97 Å². The molecule has 4 heteroatoms. The van der Waals surface area contributed by atoms with E-state index in [0.717, 1.165) is 11.0 Å². The third-order valence-corrected chi connectivity index (χ3v) is 3.08. The lowest BCUT2D eigenvalue weighted by molar-refractivity contribution is 0.687. The molecule has 0 unspecified atom stereocenters. The number of aryl methyl sites for hydroxylation is 2. The monoisotopic (exact) mass is 202 g/mol. The van der Waals surface area contributed by atoms with Gasteiger partial charge in [0.05, 0.1) is 11.0 Å². The Morgan fingerprint density at radius 2 is 1.93 bits per heavy atom. The molecule has 4 N–H and O–H groups in total. The average molecular weight is 202 g/mol. The van der Waals surface area contributed by atoms with E-state index in [9.17, 15) is 0 Å². The molecular formula is C11H14N4. The van der Waals surface area contributed by atoms with Crippen molar-refractivity contribution in [3.63, 3.8) is 0 Å². The van der Waals surface area contributed by atoms with Crippen molar-refractivity contribution in [1.29, 1.82) is 0 Å². The van der Waals surface area contributed by atoms with Gasteiger partial charge in [-0.3, -0.25) is 5.43 Å². The van der Waals surface area contributed by atoms with Crippen LogP contribution in [0.1, 0.15) is 24.0 Å². The van der Waals surface area contributed by atoms with E-state index < -0.39 is 0 Å². The Hall–Kier alpha value is -1.55. The van der Waals surface area contributed by atoms with E-state index in [-0.39, 0.29) is 0 Å². The summed E-state index contributed by atoms with van der Waals surface area (Å²) < 4.78 is 0. The first kappa shape index (κ1) is 8.73. The predicted molar refractivity (Wildman–Crippen MR) is 60.5 cm³/mol. The van der Waals surface area contributed by atoms with E-state index in [2.05, 4.69) is 27.5 Å². The number of hydrazine groups is 1. The molecule has 0 fully saturated rings. The number of nitrogen functional groups attached to an aromatic ring is 1. The van der Waals surface area contributed by atoms with Crippen molar-refractivity contribution in [1.82, 2.24) is 9.97 Å². The molecule has 15 heavy (non-hydrogen) atoms. The summed E-state index contributed by atoms with van der Waals surface area (Å²) in [6.07, 6.45) is 4.97. The number of aromatic amines is 1. The van der Waals surface area contributed by atoms with Crippen molar-refractivity contribution >= 4 is 17.0 Å². The number of benzene rings is 1. The van der Waals surface area contributed by atoms with Crippen molar-refractivity contribution in [3.05, 3.63) is 23.3 Å². The fourth-order valence-electron chi connectivity index (χ4n) is 2.31. The normalized spacial score (nSPS) is 15.3. The molecule has 1 aliphatic rings. The smallest absolute Gasteiger partial charge is 0.215 e. The number of aromatic nitrogens is 2. The third-order valence-electron chi connectivity index (χ3n) is 3.08. The van der Waals surface area contributed by atoms with E-state index in [0.29, 0.717) is 5.95 Å². The van der Waals surface area contributed by atoms with Gasteiger partial charge >= 0.3 is 0 Å². The van der Waals surface area contributed by atoms with Crippen molar-refractivity contribution < 1.29 is 0 Å². The molecule has 0 aliphatic heterocycles. The number of anilines is 1. The van der Waals surface area contributed by atoms with Gasteiger partial charge in [-0.15, -0.1) is 0 Å². The summed E-state index contributed by atoms with van der Waals surface area (Å²) in [5.41, 5.74) is 7.52.